The maximum absolute atomic E-state index is 4.21. The number of nitrogens with one attached hydrogen (secondary N) is 1. The van der Waals surface area contributed by atoms with Gasteiger partial charge in [-0.15, -0.1) is 11.7 Å². The number of rotatable bonds is 1. The van der Waals surface area contributed by atoms with Crippen LogP contribution >= 0.6 is 34.2 Å². The lowest BCUT2D eigenvalue weighted by Crippen LogP contribution is -1.87. The number of aromatic amines is 1. The molecule has 0 bridgehead atoms. The molecule has 1 aromatic heterocycles. The summed E-state index contributed by atoms with van der Waals surface area (Å²) >= 11 is 6.16. The van der Waals surface area contributed by atoms with Gasteiger partial charge in [0.25, 0.3) is 0 Å². The van der Waals surface area contributed by atoms with Crippen molar-refractivity contribution in [2.45, 2.75) is 23.6 Å². The molecule has 0 amide bonds. The molecular formula is C7H10N2S3. The molecule has 0 atom stereocenters. The van der Waals surface area contributed by atoms with Gasteiger partial charge in [-0.3, -0.25) is 5.10 Å². The minimum absolute atomic E-state index is 1.06. The van der Waals surface area contributed by atoms with Gasteiger partial charge in [-0.1, -0.05) is 0 Å². The number of fused-ring (bicyclic) bond motifs is 1. The van der Waals surface area contributed by atoms with Crippen molar-refractivity contribution in [1.29, 1.82) is 0 Å². The van der Waals surface area contributed by atoms with Crippen molar-refractivity contribution < 1.29 is 0 Å². The molecule has 1 aliphatic heterocycles. The van der Waals surface area contributed by atoms with E-state index in [-0.39, 0.29) is 0 Å². The van der Waals surface area contributed by atoms with Gasteiger partial charge in [0.2, 0.25) is 0 Å². The third-order valence-corrected chi connectivity index (χ3v) is 4.06. The summed E-state index contributed by atoms with van der Waals surface area (Å²) in [7, 11) is 1.44. The van der Waals surface area contributed by atoms with Crippen molar-refractivity contribution in [1.82, 2.24) is 10.2 Å². The zero-order valence-electron chi connectivity index (χ0n) is 6.54. The van der Waals surface area contributed by atoms with Crippen molar-refractivity contribution in [2.75, 3.05) is 5.75 Å². The molecule has 0 aromatic carbocycles. The van der Waals surface area contributed by atoms with Gasteiger partial charge >= 0.3 is 0 Å². The van der Waals surface area contributed by atoms with E-state index in [4.69, 9.17) is 0 Å². The van der Waals surface area contributed by atoms with E-state index < -0.39 is 0 Å². The van der Waals surface area contributed by atoms with E-state index in [2.05, 4.69) is 21.9 Å². The number of H-pyrrole nitrogens is 1. The van der Waals surface area contributed by atoms with Gasteiger partial charge < -0.3 is 0 Å². The average Bonchev–Trinajstić information content (AvgIpc) is 2.33. The Kier molecular flexibility index (Phi) is 2.93. The van der Waals surface area contributed by atoms with Gasteiger partial charge in [0.1, 0.15) is 5.03 Å². The standard InChI is InChI=1S/C7H10N2S3/c10-12-7-5-4-11-3-1-2-6(5)8-9-7/h10H,1-4H2,(H,8,9). The molecule has 12 heavy (non-hydrogen) atoms. The summed E-state index contributed by atoms with van der Waals surface area (Å²) in [5.74, 6) is 2.36. The second kappa shape index (κ2) is 3.98. The number of aromatic nitrogens is 2. The van der Waals surface area contributed by atoms with E-state index in [1.807, 2.05) is 11.8 Å². The van der Waals surface area contributed by atoms with E-state index in [1.54, 1.807) is 0 Å². The fourth-order valence-electron chi connectivity index (χ4n) is 1.34. The SMILES string of the molecule is SSc1n[nH]c2c1CSCCC2. The molecule has 0 unspecified atom stereocenters. The fourth-order valence-corrected chi connectivity index (χ4v) is 3.28. The zero-order valence-corrected chi connectivity index (χ0v) is 9.07. The molecule has 0 saturated heterocycles. The Hall–Kier alpha value is 0.260. The van der Waals surface area contributed by atoms with Gasteiger partial charge in [-0.2, -0.15) is 16.9 Å². The first-order valence-electron chi connectivity index (χ1n) is 3.87. The number of aryl methyl sites for hydroxylation is 1. The molecule has 5 heteroatoms. The van der Waals surface area contributed by atoms with Crippen LogP contribution < -0.4 is 0 Å². The lowest BCUT2D eigenvalue weighted by atomic mass is 10.2. The van der Waals surface area contributed by atoms with Gasteiger partial charge in [-0.25, -0.2) is 0 Å². The van der Waals surface area contributed by atoms with E-state index in [9.17, 15) is 0 Å². The fraction of sp³-hybridized carbons (Fsp3) is 0.571. The molecule has 1 aliphatic rings. The number of thiol groups is 1. The van der Waals surface area contributed by atoms with Crippen LogP contribution in [0.3, 0.4) is 0 Å². The number of hydrogen-bond acceptors (Lipinski definition) is 4. The van der Waals surface area contributed by atoms with E-state index in [0.717, 1.165) is 17.2 Å². The first-order valence-corrected chi connectivity index (χ1v) is 6.89. The highest BCUT2D eigenvalue weighted by atomic mass is 33.1. The molecule has 0 radical (unpaired) electrons. The normalized spacial score (nSPS) is 17.1. The van der Waals surface area contributed by atoms with Gasteiger partial charge in [-0.05, 0) is 29.4 Å². The van der Waals surface area contributed by atoms with Crippen LogP contribution in [0, 0.1) is 0 Å². The van der Waals surface area contributed by atoms with Gasteiger partial charge in [0.15, 0.2) is 0 Å². The average molecular weight is 218 g/mol. The summed E-state index contributed by atoms with van der Waals surface area (Å²) in [6, 6.07) is 0. The third kappa shape index (κ3) is 1.63. The maximum atomic E-state index is 4.21. The van der Waals surface area contributed by atoms with Crippen LogP contribution in [0.25, 0.3) is 0 Å². The van der Waals surface area contributed by atoms with Crippen molar-refractivity contribution in [2.24, 2.45) is 0 Å². The minimum Gasteiger partial charge on any atom is -0.281 e. The Morgan fingerprint density at radius 2 is 2.50 bits per heavy atom. The second-order valence-corrected chi connectivity index (χ2v) is 4.96. The van der Waals surface area contributed by atoms with E-state index in [1.165, 1.54) is 34.2 Å². The summed E-state index contributed by atoms with van der Waals surface area (Å²) in [5, 5.41) is 8.35. The Balaban J connectivity index is 2.32. The van der Waals surface area contributed by atoms with Gasteiger partial charge in [0.05, 0.1) is 0 Å². The molecule has 0 aliphatic carbocycles. The van der Waals surface area contributed by atoms with E-state index in [0.29, 0.717) is 0 Å². The molecule has 66 valence electrons. The summed E-state index contributed by atoms with van der Waals surface area (Å²) in [4.78, 5) is 0. The first-order chi connectivity index (χ1) is 5.92. The van der Waals surface area contributed by atoms with Crippen molar-refractivity contribution in [3.05, 3.63) is 11.3 Å². The largest absolute Gasteiger partial charge is 0.281 e. The molecule has 2 heterocycles. The first kappa shape index (κ1) is 8.84. The monoisotopic (exact) mass is 218 g/mol. The van der Waals surface area contributed by atoms with Crippen LogP contribution in [0.2, 0.25) is 0 Å². The van der Waals surface area contributed by atoms with Crippen LogP contribution in [0.4, 0.5) is 0 Å². The molecule has 0 spiro atoms. The molecular weight excluding hydrogens is 208 g/mol. The van der Waals surface area contributed by atoms with Crippen molar-refractivity contribution in [3.63, 3.8) is 0 Å². The Labute approximate surface area is 85.1 Å². The Morgan fingerprint density at radius 1 is 1.58 bits per heavy atom. The quantitative estimate of drug-likeness (QED) is 0.560. The number of thioether (sulfide) groups is 1. The van der Waals surface area contributed by atoms with Gasteiger partial charge in [0, 0.05) is 17.0 Å². The molecule has 1 N–H and O–H groups in total. The molecule has 0 saturated carbocycles. The molecule has 2 rings (SSSR count). The molecule has 0 fully saturated rings. The summed E-state index contributed by atoms with van der Waals surface area (Å²) in [6.45, 7) is 0. The minimum atomic E-state index is 1.06. The van der Waals surface area contributed by atoms with Crippen LogP contribution in [0.1, 0.15) is 17.7 Å². The lowest BCUT2D eigenvalue weighted by molar-refractivity contribution is 0.870. The summed E-state index contributed by atoms with van der Waals surface area (Å²) < 4.78 is 0. The van der Waals surface area contributed by atoms with Crippen LogP contribution in [-0.4, -0.2) is 16.0 Å². The summed E-state index contributed by atoms with van der Waals surface area (Å²) in [5.41, 5.74) is 2.69. The second-order valence-electron chi connectivity index (χ2n) is 2.73. The van der Waals surface area contributed by atoms with Crippen LogP contribution in [0.15, 0.2) is 5.03 Å². The maximum Gasteiger partial charge on any atom is 0.132 e. The highest BCUT2D eigenvalue weighted by Crippen LogP contribution is 2.31. The Bertz CT molecular complexity index is 272. The van der Waals surface area contributed by atoms with Crippen LogP contribution in [-0.2, 0) is 12.2 Å². The number of hydrogen-bond donors (Lipinski definition) is 2. The lowest BCUT2D eigenvalue weighted by Gasteiger charge is -1.96. The highest BCUT2D eigenvalue weighted by molar-refractivity contribution is 8.68. The van der Waals surface area contributed by atoms with Crippen LogP contribution in [0.5, 0.6) is 0 Å². The molecule has 2 nitrogen and oxygen atoms in total. The summed E-state index contributed by atoms with van der Waals surface area (Å²) in [6.07, 6.45) is 2.40. The highest BCUT2D eigenvalue weighted by Gasteiger charge is 2.14. The number of nitrogens with zero attached hydrogens (tertiary/aromatic N) is 1. The third-order valence-electron chi connectivity index (χ3n) is 1.96. The van der Waals surface area contributed by atoms with Crippen molar-refractivity contribution in [3.8, 4) is 0 Å². The Morgan fingerprint density at radius 3 is 3.33 bits per heavy atom. The van der Waals surface area contributed by atoms with Crippen molar-refractivity contribution >= 4 is 34.2 Å². The molecule has 1 aromatic rings. The zero-order chi connectivity index (χ0) is 8.39. The van der Waals surface area contributed by atoms with E-state index >= 15 is 0 Å². The smallest absolute Gasteiger partial charge is 0.132 e. The predicted octanol–water partition coefficient (Wildman–Crippen LogP) is 2.53. The predicted molar refractivity (Wildman–Crippen MR) is 57.9 cm³/mol. The topological polar surface area (TPSA) is 28.7 Å².